The van der Waals surface area contributed by atoms with E-state index in [1.807, 2.05) is 40.9 Å². The molecule has 0 spiro atoms. The van der Waals surface area contributed by atoms with Crippen molar-refractivity contribution < 1.29 is 9.15 Å². The summed E-state index contributed by atoms with van der Waals surface area (Å²) in [6.45, 7) is 3.55. The van der Waals surface area contributed by atoms with Gasteiger partial charge in [-0.25, -0.2) is 4.98 Å². The number of aromatic nitrogens is 3. The van der Waals surface area contributed by atoms with Crippen molar-refractivity contribution in [3.8, 4) is 11.3 Å². The summed E-state index contributed by atoms with van der Waals surface area (Å²) < 4.78 is 12.8. The summed E-state index contributed by atoms with van der Waals surface area (Å²) >= 11 is 0. The second-order valence-corrected chi connectivity index (χ2v) is 6.86. The van der Waals surface area contributed by atoms with Gasteiger partial charge in [-0.15, -0.1) is 0 Å². The number of anilines is 1. The Balaban J connectivity index is 1.53. The van der Waals surface area contributed by atoms with Crippen molar-refractivity contribution >= 4 is 17.7 Å². The fraction of sp³-hybridized carbons (Fsp3) is 0.227. The summed E-state index contributed by atoms with van der Waals surface area (Å²) in [6, 6.07) is 18.0. The van der Waals surface area contributed by atoms with E-state index < -0.39 is 0 Å². The van der Waals surface area contributed by atoms with E-state index in [1.54, 1.807) is 12.5 Å². The molecule has 4 heterocycles. The fourth-order valence-electron chi connectivity index (χ4n) is 3.45. The van der Waals surface area contributed by atoms with Crippen LogP contribution in [0.3, 0.4) is 0 Å². The average molecular weight is 387 g/mol. The molecule has 7 heteroatoms. The third kappa shape index (κ3) is 3.77. The average Bonchev–Trinajstić information content (AvgIpc) is 3.44. The highest BCUT2D eigenvalue weighted by atomic mass is 16.5. The van der Waals surface area contributed by atoms with Gasteiger partial charge in [-0.2, -0.15) is 9.61 Å². The number of rotatable bonds is 5. The summed E-state index contributed by atoms with van der Waals surface area (Å²) in [5.74, 6) is 1.75. The molecule has 0 N–H and O–H groups in total. The van der Waals surface area contributed by atoms with Crippen LogP contribution in [0.1, 0.15) is 11.5 Å². The van der Waals surface area contributed by atoms with E-state index in [4.69, 9.17) is 19.2 Å². The topological polar surface area (TPSA) is 68.2 Å². The van der Waals surface area contributed by atoms with Crippen LogP contribution in [0, 0.1) is 0 Å². The summed E-state index contributed by atoms with van der Waals surface area (Å²) in [5, 5.41) is 4.84. The molecular formula is C22H21N5O2. The van der Waals surface area contributed by atoms with Gasteiger partial charge in [-0.3, -0.25) is 4.99 Å². The van der Waals surface area contributed by atoms with Gasteiger partial charge in [0.15, 0.2) is 5.65 Å². The van der Waals surface area contributed by atoms with Crippen LogP contribution in [0.2, 0.25) is 0 Å². The van der Waals surface area contributed by atoms with Crippen molar-refractivity contribution in [3.63, 3.8) is 0 Å². The van der Waals surface area contributed by atoms with Gasteiger partial charge in [0, 0.05) is 30.8 Å². The van der Waals surface area contributed by atoms with Gasteiger partial charge < -0.3 is 14.1 Å². The van der Waals surface area contributed by atoms with Crippen molar-refractivity contribution in [1.29, 1.82) is 0 Å². The van der Waals surface area contributed by atoms with Crippen LogP contribution < -0.4 is 4.90 Å². The van der Waals surface area contributed by atoms with Gasteiger partial charge in [0.1, 0.15) is 11.6 Å². The lowest BCUT2D eigenvalue weighted by Gasteiger charge is -2.29. The Labute approximate surface area is 168 Å². The maximum absolute atomic E-state index is 5.52. The third-order valence-electron chi connectivity index (χ3n) is 4.88. The minimum atomic E-state index is 0.473. The lowest BCUT2D eigenvalue weighted by molar-refractivity contribution is 0.122. The largest absolute Gasteiger partial charge is 0.463 e. The van der Waals surface area contributed by atoms with E-state index in [-0.39, 0.29) is 0 Å². The summed E-state index contributed by atoms with van der Waals surface area (Å²) in [6.07, 6.45) is 3.37. The van der Waals surface area contributed by atoms with Gasteiger partial charge in [0.2, 0.25) is 0 Å². The first-order valence-corrected chi connectivity index (χ1v) is 9.68. The molecule has 5 rings (SSSR count). The predicted molar refractivity (Wildman–Crippen MR) is 111 cm³/mol. The lowest BCUT2D eigenvalue weighted by Crippen LogP contribution is -2.37. The molecule has 0 unspecified atom stereocenters. The first-order valence-electron chi connectivity index (χ1n) is 9.68. The summed E-state index contributed by atoms with van der Waals surface area (Å²) in [4.78, 5) is 11.6. The summed E-state index contributed by atoms with van der Waals surface area (Å²) in [7, 11) is 0. The predicted octanol–water partition coefficient (Wildman–Crippen LogP) is 3.45. The Kier molecular flexibility index (Phi) is 4.80. The zero-order chi connectivity index (χ0) is 19.5. The number of hydrogen-bond acceptors (Lipinski definition) is 6. The monoisotopic (exact) mass is 387 g/mol. The molecule has 1 aliphatic rings. The molecule has 7 nitrogen and oxygen atoms in total. The number of aliphatic imine (C=N–C) groups is 1. The molecule has 1 saturated heterocycles. The zero-order valence-electron chi connectivity index (χ0n) is 15.9. The van der Waals surface area contributed by atoms with Crippen molar-refractivity contribution in [1.82, 2.24) is 14.6 Å². The Morgan fingerprint density at radius 3 is 2.69 bits per heavy atom. The molecule has 146 valence electrons. The molecule has 0 aliphatic carbocycles. The van der Waals surface area contributed by atoms with E-state index in [2.05, 4.69) is 28.1 Å². The molecular weight excluding hydrogens is 366 g/mol. The first kappa shape index (κ1) is 17.6. The second kappa shape index (κ2) is 7.89. The van der Waals surface area contributed by atoms with E-state index >= 15 is 0 Å². The Hall–Kier alpha value is -3.45. The number of morpholine rings is 1. The van der Waals surface area contributed by atoms with E-state index in [1.165, 1.54) is 0 Å². The number of hydrogen-bond donors (Lipinski definition) is 0. The molecule has 4 aromatic rings. The van der Waals surface area contributed by atoms with E-state index in [9.17, 15) is 0 Å². The molecule has 29 heavy (non-hydrogen) atoms. The van der Waals surface area contributed by atoms with E-state index in [0.717, 1.165) is 47.3 Å². The fourth-order valence-corrected chi connectivity index (χ4v) is 3.45. The number of nitrogens with zero attached hydrogens (tertiary/aromatic N) is 5. The number of fused-ring (bicyclic) bond motifs is 1. The maximum atomic E-state index is 5.52. The van der Waals surface area contributed by atoms with Crippen LogP contribution in [0.4, 0.5) is 5.82 Å². The SMILES string of the molecule is C(=NCc1cc(N2CCOCC2)n2nc(-c3ccccc3)cc2n1)c1ccco1. The molecule has 0 bridgehead atoms. The van der Waals surface area contributed by atoms with Crippen molar-refractivity contribution in [2.45, 2.75) is 6.54 Å². The molecule has 0 atom stereocenters. The first-order chi connectivity index (χ1) is 14.4. The smallest absolute Gasteiger partial charge is 0.158 e. The Morgan fingerprint density at radius 2 is 1.90 bits per heavy atom. The molecule has 1 fully saturated rings. The van der Waals surface area contributed by atoms with Gasteiger partial charge in [0.05, 0.1) is 43.6 Å². The Bertz CT molecular complexity index is 1110. The van der Waals surface area contributed by atoms with Crippen LogP contribution in [0.5, 0.6) is 0 Å². The third-order valence-corrected chi connectivity index (χ3v) is 4.88. The molecule has 0 amide bonds. The second-order valence-electron chi connectivity index (χ2n) is 6.86. The van der Waals surface area contributed by atoms with Gasteiger partial charge >= 0.3 is 0 Å². The van der Waals surface area contributed by atoms with Crippen LogP contribution in [0.15, 0.2) is 70.3 Å². The molecule has 1 aliphatic heterocycles. The summed E-state index contributed by atoms with van der Waals surface area (Å²) in [5.41, 5.74) is 3.68. The minimum absolute atomic E-state index is 0.473. The zero-order valence-corrected chi connectivity index (χ0v) is 15.9. The van der Waals surface area contributed by atoms with Gasteiger partial charge in [-0.1, -0.05) is 30.3 Å². The highest BCUT2D eigenvalue weighted by molar-refractivity contribution is 5.75. The molecule has 1 aromatic carbocycles. The molecule has 3 aromatic heterocycles. The quantitative estimate of drug-likeness (QED) is 0.491. The lowest BCUT2D eigenvalue weighted by atomic mass is 10.2. The van der Waals surface area contributed by atoms with Crippen molar-refractivity contribution in [2.24, 2.45) is 4.99 Å². The van der Waals surface area contributed by atoms with E-state index in [0.29, 0.717) is 19.8 Å². The van der Waals surface area contributed by atoms with Crippen LogP contribution in [-0.2, 0) is 11.3 Å². The number of ether oxygens (including phenoxy) is 1. The van der Waals surface area contributed by atoms with Crippen LogP contribution >= 0.6 is 0 Å². The van der Waals surface area contributed by atoms with Gasteiger partial charge in [-0.05, 0) is 12.1 Å². The number of benzene rings is 1. The molecule has 0 saturated carbocycles. The number of furan rings is 1. The highest BCUT2D eigenvalue weighted by Gasteiger charge is 2.18. The standard InChI is InChI=1S/C22H21N5O2/c1-2-5-17(6-3-1)20-14-21-24-18(15-23-16-19-7-4-10-29-19)13-22(27(21)25-20)26-8-11-28-12-9-26/h1-7,10,13-14,16H,8-9,11-12,15H2. The van der Waals surface area contributed by atoms with Crippen LogP contribution in [-0.4, -0.2) is 47.1 Å². The van der Waals surface area contributed by atoms with Crippen molar-refractivity contribution in [2.75, 3.05) is 31.2 Å². The normalized spacial score (nSPS) is 14.8. The Morgan fingerprint density at radius 1 is 1.03 bits per heavy atom. The minimum Gasteiger partial charge on any atom is -0.463 e. The van der Waals surface area contributed by atoms with Crippen LogP contribution in [0.25, 0.3) is 16.9 Å². The highest BCUT2D eigenvalue weighted by Crippen LogP contribution is 2.24. The van der Waals surface area contributed by atoms with Crippen molar-refractivity contribution in [3.05, 3.63) is 72.3 Å². The van der Waals surface area contributed by atoms with Gasteiger partial charge in [0.25, 0.3) is 0 Å². The maximum Gasteiger partial charge on any atom is 0.158 e. The molecule has 0 radical (unpaired) electrons.